The second-order valence-electron chi connectivity index (χ2n) is 4.87. The summed E-state index contributed by atoms with van der Waals surface area (Å²) in [6.07, 6.45) is 3.17. The Balaban J connectivity index is 1.75. The Morgan fingerprint density at radius 3 is 3.00 bits per heavy atom. The highest BCUT2D eigenvalue weighted by Crippen LogP contribution is 2.09. The summed E-state index contributed by atoms with van der Waals surface area (Å²) < 4.78 is 0. The van der Waals surface area contributed by atoms with E-state index in [-0.39, 0.29) is 6.54 Å². The summed E-state index contributed by atoms with van der Waals surface area (Å²) in [6, 6.07) is 5.58. The predicted molar refractivity (Wildman–Crippen MR) is 72.8 cm³/mol. The van der Waals surface area contributed by atoms with Gasteiger partial charge in [-0.2, -0.15) is 0 Å². The molecule has 20 heavy (non-hydrogen) atoms. The van der Waals surface area contributed by atoms with Crippen LogP contribution in [0.15, 0.2) is 24.4 Å². The fourth-order valence-corrected chi connectivity index (χ4v) is 2.21. The van der Waals surface area contributed by atoms with Crippen LogP contribution in [0.1, 0.15) is 18.5 Å². The number of piperidine rings is 1. The van der Waals surface area contributed by atoms with E-state index in [1.807, 2.05) is 18.2 Å². The van der Waals surface area contributed by atoms with Gasteiger partial charge in [-0.05, 0) is 25.0 Å². The van der Waals surface area contributed by atoms with E-state index >= 15 is 0 Å². The predicted octanol–water partition coefficient (Wildman–Crippen LogP) is -0.276. The molecule has 1 unspecified atom stereocenters. The number of carbonyl (C=O) groups is 2. The zero-order valence-corrected chi connectivity index (χ0v) is 11.3. The van der Waals surface area contributed by atoms with Gasteiger partial charge in [0, 0.05) is 37.9 Å². The molecule has 1 fully saturated rings. The number of nitrogens with zero attached hydrogens (tertiary/aromatic N) is 2. The van der Waals surface area contributed by atoms with Crippen LogP contribution in [0, 0.1) is 0 Å². The first kappa shape index (κ1) is 14.5. The van der Waals surface area contributed by atoms with Crippen LogP contribution in [-0.2, 0) is 16.0 Å². The maximum atomic E-state index is 11.9. The zero-order chi connectivity index (χ0) is 14.4. The van der Waals surface area contributed by atoms with Gasteiger partial charge in [0.05, 0.1) is 6.10 Å². The Bertz CT molecular complexity index is 464. The van der Waals surface area contributed by atoms with Crippen LogP contribution in [-0.4, -0.2) is 52.5 Å². The van der Waals surface area contributed by atoms with Crippen LogP contribution in [0.25, 0.3) is 0 Å². The Morgan fingerprint density at radius 2 is 2.30 bits per heavy atom. The number of aromatic nitrogens is 1. The highest BCUT2D eigenvalue weighted by Gasteiger charge is 2.26. The quantitative estimate of drug-likeness (QED) is 0.745. The van der Waals surface area contributed by atoms with Gasteiger partial charge in [-0.1, -0.05) is 6.07 Å². The van der Waals surface area contributed by atoms with Crippen LogP contribution < -0.4 is 5.32 Å². The molecule has 108 valence electrons. The lowest BCUT2D eigenvalue weighted by Crippen LogP contribution is -2.48. The number of hydrogen-bond donors (Lipinski definition) is 2. The van der Waals surface area contributed by atoms with E-state index in [4.69, 9.17) is 0 Å². The van der Waals surface area contributed by atoms with Crippen molar-refractivity contribution >= 4 is 11.8 Å². The fraction of sp³-hybridized carbons (Fsp3) is 0.500. The molecule has 2 heterocycles. The zero-order valence-electron chi connectivity index (χ0n) is 11.3. The maximum Gasteiger partial charge on any atom is 0.311 e. The summed E-state index contributed by atoms with van der Waals surface area (Å²) >= 11 is 0. The maximum absolute atomic E-state index is 11.9. The Morgan fingerprint density at radius 1 is 1.45 bits per heavy atom. The molecule has 1 aromatic heterocycles. The van der Waals surface area contributed by atoms with Crippen molar-refractivity contribution in [3.63, 3.8) is 0 Å². The molecule has 6 nitrogen and oxygen atoms in total. The van der Waals surface area contributed by atoms with Crippen molar-refractivity contribution in [1.82, 2.24) is 15.2 Å². The van der Waals surface area contributed by atoms with Gasteiger partial charge in [0.1, 0.15) is 0 Å². The molecule has 0 aromatic carbocycles. The van der Waals surface area contributed by atoms with Gasteiger partial charge >= 0.3 is 11.8 Å². The molecule has 6 heteroatoms. The number of likely N-dealkylation sites (tertiary alicyclic amines) is 1. The number of hydrogen-bond acceptors (Lipinski definition) is 4. The van der Waals surface area contributed by atoms with Gasteiger partial charge < -0.3 is 15.3 Å². The van der Waals surface area contributed by atoms with Crippen molar-refractivity contribution in [3.05, 3.63) is 30.1 Å². The molecule has 0 bridgehead atoms. The van der Waals surface area contributed by atoms with Crippen molar-refractivity contribution in [1.29, 1.82) is 0 Å². The largest absolute Gasteiger partial charge is 0.391 e. The molecule has 0 radical (unpaired) electrons. The van der Waals surface area contributed by atoms with E-state index in [2.05, 4.69) is 10.3 Å². The number of aliphatic hydroxyl groups is 1. The number of β-amino-alcohol motifs (C(OH)–C–C–N with tert-alkyl or cyclic N) is 1. The fourth-order valence-electron chi connectivity index (χ4n) is 2.21. The molecule has 2 amide bonds. The van der Waals surface area contributed by atoms with Gasteiger partial charge in [0.15, 0.2) is 0 Å². The lowest BCUT2D eigenvalue weighted by molar-refractivity contribution is -0.147. The van der Waals surface area contributed by atoms with Gasteiger partial charge in [0.25, 0.3) is 0 Å². The summed E-state index contributed by atoms with van der Waals surface area (Å²) in [4.78, 5) is 29.2. The molecule has 1 aromatic rings. The summed E-state index contributed by atoms with van der Waals surface area (Å²) in [5.41, 5.74) is 0.869. The van der Waals surface area contributed by atoms with E-state index in [0.717, 1.165) is 12.1 Å². The molecule has 1 aliphatic heterocycles. The standard InChI is InChI=1S/C14H19N3O3/c18-12-5-3-9-17(10-12)14(20)13(19)16-8-6-11-4-1-2-7-15-11/h1-2,4,7,12,18H,3,5-6,8-10H2,(H,16,19). The van der Waals surface area contributed by atoms with Crippen LogP contribution in [0.3, 0.4) is 0 Å². The molecular formula is C14H19N3O3. The van der Waals surface area contributed by atoms with Crippen LogP contribution in [0.4, 0.5) is 0 Å². The second-order valence-corrected chi connectivity index (χ2v) is 4.87. The van der Waals surface area contributed by atoms with E-state index in [9.17, 15) is 14.7 Å². The third-order valence-electron chi connectivity index (χ3n) is 3.27. The molecule has 2 N–H and O–H groups in total. The molecule has 0 spiro atoms. The van der Waals surface area contributed by atoms with E-state index in [1.54, 1.807) is 6.20 Å². The minimum absolute atomic E-state index is 0.243. The SMILES string of the molecule is O=C(NCCc1ccccn1)C(=O)N1CCCC(O)C1. The highest BCUT2D eigenvalue weighted by molar-refractivity contribution is 6.35. The summed E-state index contributed by atoms with van der Waals surface area (Å²) in [5, 5.41) is 12.1. The van der Waals surface area contributed by atoms with E-state index < -0.39 is 17.9 Å². The Hall–Kier alpha value is -1.95. The topological polar surface area (TPSA) is 82.5 Å². The molecule has 1 saturated heterocycles. The first-order chi connectivity index (χ1) is 9.66. The normalized spacial score (nSPS) is 18.6. The smallest absolute Gasteiger partial charge is 0.311 e. The van der Waals surface area contributed by atoms with Gasteiger partial charge in [-0.25, -0.2) is 0 Å². The minimum atomic E-state index is -0.616. The average molecular weight is 277 g/mol. The molecule has 1 atom stereocenters. The van der Waals surface area contributed by atoms with Gasteiger partial charge in [-0.3, -0.25) is 14.6 Å². The highest BCUT2D eigenvalue weighted by atomic mass is 16.3. The third-order valence-corrected chi connectivity index (χ3v) is 3.27. The molecule has 1 aliphatic rings. The van der Waals surface area contributed by atoms with Crippen molar-refractivity contribution in [2.75, 3.05) is 19.6 Å². The van der Waals surface area contributed by atoms with Crippen LogP contribution in [0.5, 0.6) is 0 Å². The van der Waals surface area contributed by atoms with E-state index in [1.165, 1.54) is 4.90 Å². The van der Waals surface area contributed by atoms with Crippen molar-refractivity contribution in [2.45, 2.75) is 25.4 Å². The summed E-state index contributed by atoms with van der Waals surface area (Å²) in [7, 11) is 0. The first-order valence-electron chi connectivity index (χ1n) is 6.82. The monoisotopic (exact) mass is 277 g/mol. The minimum Gasteiger partial charge on any atom is -0.391 e. The van der Waals surface area contributed by atoms with Crippen LogP contribution >= 0.6 is 0 Å². The molecule has 0 aliphatic carbocycles. The number of rotatable bonds is 3. The number of pyridine rings is 1. The van der Waals surface area contributed by atoms with Crippen molar-refractivity contribution < 1.29 is 14.7 Å². The van der Waals surface area contributed by atoms with Gasteiger partial charge in [-0.15, -0.1) is 0 Å². The van der Waals surface area contributed by atoms with Crippen LogP contribution in [0.2, 0.25) is 0 Å². The van der Waals surface area contributed by atoms with Crippen molar-refractivity contribution in [2.24, 2.45) is 0 Å². The Labute approximate surface area is 117 Å². The number of aliphatic hydroxyl groups excluding tert-OH is 1. The Kier molecular flexibility index (Phi) is 5.06. The van der Waals surface area contributed by atoms with Crippen molar-refractivity contribution in [3.8, 4) is 0 Å². The molecule has 0 saturated carbocycles. The molecular weight excluding hydrogens is 258 g/mol. The number of carbonyl (C=O) groups excluding carboxylic acids is 2. The lowest BCUT2D eigenvalue weighted by atomic mass is 10.1. The number of amides is 2. The molecule has 2 rings (SSSR count). The first-order valence-corrected chi connectivity index (χ1v) is 6.82. The third kappa shape index (κ3) is 4.03. The second kappa shape index (κ2) is 7.00. The summed E-state index contributed by atoms with van der Waals surface area (Å²) in [6.45, 7) is 1.15. The average Bonchev–Trinajstić information content (AvgIpc) is 2.47. The van der Waals surface area contributed by atoms with E-state index in [0.29, 0.717) is 25.9 Å². The number of nitrogens with one attached hydrogen (secondary N) is 1. The lowest BCUT2D eigenvalue weighted by Gasteiger charge is -2.29. The summed E-state index contributed by atoms with van der Waals surface area (Å²) in [5.74, 6) is -1.18. The van der Waals surface area contributed by atoms with Gasteiger partial charge in [0.2, 0.25) is 0 Å².